The largest absolute Gasteiger partial charge is 0.416 e. The Bertz CT molecular complexity index is 662. The summed E-state index contributed by atoms with van der Waals surface area (Å²) in [7, 11) is 1.82. The normalized spacial score (nSPS) is 26.2. The maximum Gasteiger partial charge on any atom is 0.416 e. The van der Waals surface area contributed by atoms with Crippen LogP contribution in [0.5, 0.6) is 0 Å². The van der Waals surface area contributed by atoms with Crippen LogP contribution in [0.1, 0.15) is 43.7 Å². The van der Waals surface area contributed by atoms with E-state index in [1.165, 1.54) is 0 Å². The predicted octanol–water partition coefficient (Wildman–Crippen LogP) is 3.42. The lowest BCUT2D eigenvalue weighted by Gasteiger charge is -2.24. The first-order valence-electron chi connectivity index (χ1n) is 10.2. The second-order valence-electron chi connectivity index (χ2n) is 8.14. The lowest BCUT2D eigenvalue weighted by molar-refractivity contribution is -0.137. The highest BCUT2D eigenvalue weighted by molar-refractivity contribution is 5.82. The van der Waals surface area contributed by atoms with E-state index < -0.39 is 11.7 Å². The zero-order chi connectivity index (χ0) is 20.3. The van der Waals surface area contributed by atoms with Gasteiger partial charge in [0.05, 0.1) is 11.6 Å². The van der Waals surface area contributed by atoms with Crippen molar-refractivity contribution < 1.29 is 18.0 Å². The summed E-state index contributed by atoms with van der Waals surface area (Å²) in [6, 6.07) is 5.50. The summed E-state index contributed by atoms with van der Waals surface area (Å²) < 4.78 is 38.1. The molecule has 3 rings (SSSR count). The Hall–Kier alpha value is -1.60. The number of nitrogens with zero attached hydrogens (tertiary/aromatic N) is 1. The van der Waals surface area contributed by atoms with Gasteiger partial charge in [-0.15, -0.1) is 0 Å². The first-order chi connectivity index (χ1) is 13.3. The molecular weight excluding hydrogens is 367 g/mol. The molecule has 1 amide bonds. The summed E-state index contributed by atoms with van der Waals surface area (Å²) in [5, 5.41) is 6.33. The number of amides is 1. The number of hydrogen-bond donors (Lipinski definition) is 2. The van der Waals surface area contributed by atoms with E-state index in [2.05, 4.69) is 22.5 Å². The minimum atomic E-state index is -4.29. The van der Waals surface area contributed by atoms with Crippen molar-refractivity contribution in [2.45, 2.75) is 57.4 Å². The van der Waals surface area contributed by atoms with Crippen molar-refractivity contribution >= 4 is 5.91 Å². The van der Waals surface area contributed by atoms with Crippen molar-refractivity contribution in [3.63, 3.8) is 0 Å². The molecule has 0 radical (unpaired) electrons. The Morgan fingerprint density at radius 3 is 2.54 bits per heavy atom. The Kier molecular flexibility index (Phi) is 6.65. The van der Waals surface area contributed by atoms with E-state index in [4.69, 9.17) is 0 Å². The molecule has 7 heteroatoms. The van der Waals surface area contributed by atoms with Crippen molar-refractivity contribution in [1.29, 1.82) is 0 Å². The smallest absolute Gasteiger partial charge is 0.352 e. The molecule has 2 fully saturated rings. The van der Waals surface area contributed by atoms with Crippen molar-refractivity contribution in [2.75, 3.05) is 20.1 Å². The van der Waals surface area contributed by atoms with Crippen LogP contribution in [-0.4, -0.2) is 43.0 Å². The molecule has 4 nitrogen and oxygen atoms in total. The molecule has 28 heavy (non-hydrogen) atoms. The Morgan fingerprint density at radius 2 is 1.93 bits per heavy atom. The highest BCUT2D eigenvalue weighted by Gasteiger charge is 2.43. The topological polar surface area (TPSA) is 44.4 Å². The third-order valence-corrected chi connectivity index (χ3v) is 6.19. The molecule has 1 heterocycles. The minimum Gasteiger partial charge on any atom is -0.352 e. The van der Waals surface area contributed by atoms with Crippen molar-refractivity contribution in [2.24, 2.45) is 11.8 Å². The first-order valence-corrected chi connectivity index (χ1v) is 10.2. The molecule has 1 saturated heterocycles. The fourth-order valence-corrected chi connectivity index (χ4v) is 4.70. The van der Waals surface area contributed by atoms with Crippen LogP contribution in [0.25, 0.3) is 0 Å². The number of fused-ring (bicyclic) bond motifs is 1. The Labute approximate surface area is 164 Å². The number of carbonyl (C=O) groups excluding carboxylic acids is 1. The molecule has 1 saturated carbocycles. The van der Waals surface area contributed by atoms with E-state index in [1.807, 2.05) is 7.05 Å². The van der Waals surface area contributed by atoms with Gasteiger partial charge in [-0.05, 0) is 55.8 Å². The fourth-order valence-electron chi connectivity index (χ4n) is 4.70. The van der Waals surface area contributed by atoms with Gasteiger partial charge in [-0.2, -0.15) is 13.2 Å². The molecule has 0 bridgehead atoms. The molecule has 156 valence electrons. The number of likely N-dealkylation sites (N-methyl/N-ethyl adjacent to an activating group) is 1. The van der Waals surface area contributed by atoms with Gasteiger partial charge in [0.25, 0.3) is 0 Å². The number of nitrogens with one attached hydrogen (secondary N) is 2. The number of likely N-dealkylation sites (tertiary alicyclic amines) is 1. The van der Waals surface area contributed by atoms with Gasteiger partial charge in [0.15, 0.2) is 0 Å². The third kappa shape index (κ3) is 4.87. The quantitative estimate of drug-likeness (QED) is 0.741. The highest BCUT2D eigenvalue weighted by Crippen LogP contribution is 2.39. The fraction of sp³-hybridized carbons (Fsp3) is 0.667. The number of halogens is 3. The molecule has 2 aliphatic rings. The van der Waals surface area contributed by atoms with Crippen LogP contribution in [0.4, 0.5) is 13.2 Å². The number of rotatable bonds is 7. The molecule has 0 unspecified atom stereocenters. The molecule has 1 aliphatic carbocycles. The number of carbonyl (C=O) groups is 1. The van der Waals surface area contributed by atoms with Crippen molar-refractivity contribution in [1.82, 2.24) is 15.5 Å². The van der Waals surface area contributed by atoms with Gasteiger partial charge in [-0.25, -0.2) is 0 Å². The lowest BCUT2D eigenvalue weighted by Crippen LogP contribution is -2.48. The summed E-state index contributed by atoms with van der Waals surface area (Å²) in [6.45, 7) is 4.55. The molecule has 1 aromatic rings. The zero-order valence-electron chi connectivity index (χ0n) is 16.6. The molecule has 0 aromatic heterocycles. The number of alkyl halides is 3. The van der Waals surface area contributed by atoms with Crippen LogP contribution >= 0.6 is 0 Å². The summed E-state index contributed by atoms with van der Waals surface area (Å²) in [5.41, 5.74) is 0.287. The maximum absolute atomic E-state index is 12.7. The number of hydrogen-bond acceptors (Lipinski definition) is 3. The molecule has 1 aromatic carbocycles. The lowest BCUT2D eigenvalue weighted by atomic mass is 9.97. The molecule has 0 spiro atoms. The van der Waals surface area contributed by atoms with Crippen LogP contribution in [-0.2, 0) is 17.5 Å². The average Bonchev–Trinajstić information content (AvgIpc) is 3.20. The van der Waals surface area contributed by atoms with Crippen LogP contribution < -0.4 is 10.6 Å². The highest BCUT2D eigenvalue weighted by atomic mass is 19.4. The van der Waals surface area contributed by atoms with E-state index in [1.54, 1.807) is 12.1 Å². The van der Waals surface area contributed by atoms with Gasteiger partial charge >= 0.3 is 6.18 Å². The van der Waals surface area contributed by atoms with Crippen molar-refractivity contribution in [3.05, 3.63) is 35.4 Å². The summed E-state index contributed by atoms with van der Waals surface area (Å²) in [6.07, 6.45) is -0.410. The zero-order valence-corrected chi connectivity index (χ0v) is 16.6. The standard InChI is InChI=1S/C21H30F3N3O/c1-3-4-19(25-2)20(28)26-18-10-7-15-12-27(13-17(15)18)11-14-5-8-16(9-6-14)21(22,23)24/h5-6,8-9,15,17-19,25H,3-4,7,10-13H2,1-2H3,(H,26,28)/t15-,17+,18+,19-/m0/s1. The second kappa shape index (κ2) is 8.82. The van der Waals surface area contributed by atoms with Gasteiger partial charge in [-0.1, -0.05) is 25.5 Å². The summed E-state index contributed by atoms with van der Waals surface area (Å²) >= 11 is 0. The summed E-state index contributed by atoms with van der Waals surface area (Å²) in [5.74, 6) is 1.06. The van der Waals surface area contributed by atoms with Crippen LogP contribution in [0.15, 0.2) is 24.3 Å². The second-order valence-corrected chi connectivity index (χ2v) is 8.14. The van der Waals surface area contributed by atoms with Crippen molar-refractivity contribution in [3.8, 4) is 0 Å². The maximum atomic E-state index is 12.7. The Morgan fingerprint density at radius 1 is 1.21 bits per heavy atom. The monoisotopic (exact) mass is 397 g/mol. The van der Waals surface area contributed by atoms with E-state index >= 15 is 0 Å². The van der Waals surface area contributed by atoms with Crippen LogP contribution in [0.3, 0.4) is 0 Å². The van der Waals surface area contributed by atoms with E-state index in [0.29, 0.717) is 18.4 Å². The summed E-state index contributed by atoms with van der Waals surface area (Å²) in [4.78, 5) is 14.8. The van der Waals surface area contributed by atoms with E-state index in [9.17, 15) is 18.0 Å². The number of benzene rings is 1. The average molecular weight is 397 g/mol. The van der Waals surface area contributed by atoms with Gasteiger partial charge in [-0.3, -0.25) is 9.69 Å². The third-order valence-electron chi connectivity index (χ3n) is 6.19. The van der Waals surface area contributed by atoms with Gasteiger partial charge in [0.2, 0.25) is 5.91 Å². The Balaban J connectivity index is 1.55. The van der Waals surface area contributed by atoms with E-state index in [0.717, 1.165) is 56.5 Å². The molecule has 4 atom stereocenters. The van der Waals surface area contributed by atoms with Gasteiger partial charge in [0.1, 0.15) is 0 Å². The first kappa shape index (κ1) is 21.1. The SMILES string of the molecule is CCC[C@H](NC)C(=O)N[C@@H]1CC[C@H]2CN(Cc3ccc(C(F)(F)F)cc3)C[C@H]21. The molecular formula is C21H30F3N3O. The predicted molar refractivity (Wildman–Crippen MR) is 103 cm³/mol. The molecule has 2 N–H and O–H groups in total. The minimum absolute atomic E-state index is 0.0798. The molecule has 1 aliphatic heterocycles. The van der Waals surface area contributed by atoms with Gasteiger partial charge in [0, 0.05) is 25.7 Å². The van der Waals surface area contributed by atoms with Crippen LogP contribution in [0.2, 0.25) is 0 Å². The van der Waals surface area contributed by atoms with E-state index in [-0.39, 0.29) is 18.0 Å². The van der Waals surface area contributed by atoms with Gasteiger partial charge < -0.3 is 10.6 Å². The van der Waals surface area contributed by atoms with Crippen LogP contribution in [0, 0.1) is 11.8 Å².